The highest BCUT2D eigenvalue weighted by Crippen LogP contribution is 2.28. The molecule has 3 heteroatoms. The Balaban J connectivity index is 1.68. The van der Waals surface area contributed by atoms with Crippen molar-refractivity contribution in [1.29, 1.82) is 0 Å². The van der Waals surface area contributed by atoms with Crippen LogP contribution in [0.5, 0.6) is 0 Å². The summed E-state index contributed by atoms with van der Waals surface area (Å²) in [6.45, 7) is 9.92. The van der Waals surface area contributed by atoms with Gasteiger partial charge in [0.2, 0.25) is 0 Å². The van der Waals surface area contributed by atoms with Crippen molar-refractivity contribution in [3.63, 3.8) is 0 Å². The van der Waals surface area contributed by atoms with E-state index in [1.807, 2.05) is 12.1 Å². The summed E-state index contributed by atoms with van der Waals surface area (Å²) in [5.74, 6) is 1.89. The number of piperidine rings is 2. The third-order valence-electron chi connectivity index (χ3n) is 3.72. The van der Waals surface area contributed by atoms with Crippen LogP contribution < -0.4 is 0 Å². The number of rotatable bonds is 2. The molecule has 2 saturated heterocycles. The van der Waals surface area contributed by atoms with E-state index in [0.29, 0.717) is 0 Å². The minimum absolute atomic E-state index is 0.947. The molecule has 2 aliphatic rings. The molecule has 2 nitrogen and oxygen atoms in total. The molecular formula is C12H24N2S. The van der Waals surface area contributed by atoms with Crippen molar-refractivity contribution in [3.8, 4) is 0 Å². The molecule has 15 heavy (non-hydrogen) atoms. The van der Waals surface area contributed by atoms with Gasteiger partial charge in [-0.2, -0.15) is 0 Å². The lowest BCUT2D eigenvalue weighted by molar-refractivity contribution is 0.272. The van der Waals surface area contributed by atoms with Crippen molar-refractivity contribution in [3.05, 3.63) is 0 Å². The number of hydrogen-bond donors (Lipinski definition) is 0. The Morgan fingerprint density at radius 3 is 1.40 bits per heavy atom. The molecule has 0 radical (unpaired) electrons. The van der Waals surface area contributed by atoms with E-state index >= 15 is 0 Å². The molecule has 0 saturated carbocycles. The molecular weight excluding hydrogens is 204 g/mol. The maximum atomic E-state index is 2.57. The summed E-state index contributed by atoms with van der Waals surface area (Å²) >= 11 is 2.01. The molecule has 0 unspecified atom stereocenters. The van der Waals surface area contributed by atoms with Crippen LogP contribution in [0.2, 0.25) is 0 Å². The zero-order valence-corrected chi connectivity index (χ0v) is 10.9. The lowest BCUT2D eigenvalue weighted by Gasteiger charge is -2.36. The zero-order valence-electron chi connectivity index (χ0n) is 10.1. The van der Waals surface area contributed by atoms with Crippen molar-refractivity contribution in [2.24, 2.45) is 11.8 Å². The predicted octanol–water partition coefficient (Wildman–Crippen LogP) is 3.01. The van der Waals surface area contributed by atoms with Crippen molar-refractivity contribution in [2.75, 3.05) is 26.2 Å². The maximum absolute atomic E-state index is 2.57. The van der Waals surface area contributed by atoms with Gasteiger partial charge in [-0.05, 0) is 37.5 Å². The summed E-state index contributed by atoms with van der Waals surface area (Å²) in [4.78, 5) is 0. The van der Waals surface area contributed by atoms with Crippen LogP contribution in [0, 0.1) is 11.8 Å². The molecule has 0 aromatic heterocycles. The standard InChI is InChI=1S/C12H24N2S/c1-11-3-7-13(8-4-11)15-14-9-5-12(2)6-10-14/h11-12H,3-10H2,1-2H3. The molecule has 2 aliphatic heterocycles. The lowest BCUT2D eigenvalue weighted by Crippen LogP contribution is -2.35. The highest BCUT2D eigenvalue weighted by molar-refractivity contribution is 7.94. The first-order chi connectivity index (χ1) is 7.24. The van der Waals surface area contributed by atoms with E-state index in [1.54, 1.807) is 0 Å². The highest BCUT2D eigenvalue weighted by Gasteiger charge is 2.21. The first-order valence-electron chi connectivity index (χ1n) is 6.42. The zero-order chi connectivity index (χ0) is 10.7. The number of hydrogen-bond acceptors (Lipinski definition) is 3. The third kappa shape index (κ3) is 3.65. The topological polar surface area (TPSA) is 6.48 Å². The van der Waals surface area contributed by atoms with Crippen molar-refractivity contribution in [1.82, 2.24) is 8.61 Å². The van der Waals surface area contributed by atoms with Crippen LogP contribution in [0.3, 0.4) is 0 Å². The molecule has 0 spiro atoms. The average molecular weight is 228 g/mol. The molecule has 2 fully saturated rings. The molecule has 0 aliphatic carbocycles. The molecule has 88 valence electrons. The Hall–Kier alpha value is 0.270. The molecule has 2 rings (SSSR count). The fourth-order valence-electron chi connectivity index (χ4n) is 2.30. The Kier molecular flexibility index (Phi) is 4.35. The van der Waals surface area contributed by atoms with Crippen molar-refractivity contribution < 1.29 is 0 Å². The Morgan fingerprint density at radius 2 is 1.07 bits per heavy atom. The van der Waals surface area contributed by atoms with Crippen LogP contribution in [-0.4, -0.2) is 34.8 Å². The van der Waals surface area contributed by atoms with Gasteiger partial charge in [0.15, 0.2) is 0 Å². The minimum Gasteiger partial charge on any atom is -0.237 e. The van der Waals surface area contributed by atoms with E-state index in [2.05, 4.69) is 22.5 Å². The van der Waals surface area contributed by atoms with Crippen LogP contribution in [0.25, 0.3) is 0 Å². The average Bonchev–Trinajstić information content (AvgIpc) is 2.25. The molecule has 0 N–H and O–H groups in total. The van der Waals surface area contributed by atoms with Gasteiger partial charge in [-0.1, -0.05) is 13.8 Å². The molecule has 0 aromatic carbocycles. The van der Waals surface area contributed by atoms with E-state index < -0.39 is 0 Å². The third-order valence-corrected chi connectivity index (χ3v) is 4.91. The summed E-state index contributed by atoms with van der Waals surface area (Å²) in [5, 5.41) is 0. The minimum atomic E-state index is 0.947. The second-order valence-corrected chi connectivity index (χ2v) is 6.50. The van der Waals surface area contributed by atoms with E-state index in [9.17, 15) is 0 Å². The molecule has 2 heterocycles. The van der Waals surface area contributed by atoms with Gasteiger partial charge in [-0.25, -0.2) is 8.61 Å². The SMILES string of the molecule is CC1CCN(SN2CCC(C)CC2)CC1. The van der Waals surface area contributed by atoms with Gasteiger partial charge in [-0.15, -0.1) is 0 Å². The lowest BCUT2D eigenvalue weighted by atomic mass is 10.0. The fourth-order valence-corrected chi connectivity index (χ4v) is 3.37. The van der Waals surface area contributed by atoms with Gasteiger partial charge in [0.1, 0.15) is 0 Å². The predicted molar refractivity (Wildman–Crippen MR) is 67.5 cm³/mol. The second-order valence-electron chi connectivity index (χ2n) is 5.30. The Labute approximate surface area is 98.7 Å². The van der Waals surface area contributed by atoms with Gasteiger partial charge in [0, 0.05) is 38.3 Å². The smallest absolute Gasteiger partial charge is 0.0104 e. The Morgan fingerprint density at radius 1 is 0.733 bits per heavy atom. The van der Waals surface area contributed by atoms with Gasteiger partial charge in [-0.3, -0.25) is 0 Å². The Bertz CT molecular complexity index is 162. The summed E-state index contributed by atoms with van der Waals surface area (Å²) < 4.78 is 5.13. The van der Waals surface area contributed by atoms with Crippen LogP contribution in [0.4, 0.5) is 0 Å². The van der Waals surface area contributed by atoms with Crippen LogP contribution in [0.15, 0.2) is 0 Å². The fraction of sp³-hybridized carbons (Fsp3) is 1.00. The van der Waals surface area contributed by atoms with E-state index in [4.69, 9.17) is 0 Å². The first kappa shape index (κ1) is 11.7. The van der Waals surface area contributed by atoms with Crippen LogP contribution in [0.1, 0.15) is 39.5 Å². The van der Waals surface area contributed by atoms with E-state index in [-0.39, 0.29) is 0 Å². The normalized spacial score (nSPS) is 28.4. The summed E-state index contributed by atoms with van der Waals surface area (Å²) in [5.41, 5.74) is 0. The van der Waals surface area contributed by atoms with Gasteiger partial charge < -0.3 is 0 Å². The monoisotopic (exact) mass is 228 g/mol. The van der Waals surface area contributed by atoms with Gasteiger partial charge in [0.05, 0.1) is 0 Å². The maximum Gasteiger partial charge on any atom is 0.0104 e. The van der Waals surface area contributed by atoms with Crippen LogP contribution >= 0.6 is 12.1 Å². The highest BCUT2D eigenvalue weighted by atomic mass is 32.2. The summed E-state index contributed by atoms with van der Waals surface area (Å²) in [6.07, 6.45) is 5.54. The summed E-state index contributed by atoms with van der Waals surface area (Å²) in [6, 6.07) is 0. The van der Waals surface area contributed by atoms with Crippen molar-refractivity contribution >= 4 is 12.1 Å². The summed E-state index contributed by atoms with van der Waals surface area (Å²) in [7, 11) is 0. The second kappa shape index (κ2) is 5.55. The van der Waals surface area contributed by atoms with Gasteiger partial charge >= 0.3 is 0 Å². The van der Waals surface area contributed by atoms with Crippen LogP contribution in [-0.2, 0) is 0 Å². The molecule has 0 bridgehead atoms. The molecule has 0 aromatic rings. The first-order valence-corrected chi connectivity index (χ1v) is 7.15. The quantitative estimate of drug-likeness (QED) is 0.671. The van der Waals surface area contributed by atoms with Gasteiger partial charge in [0.25, 0.3) is 0 Å². The van der Waals surface area contributed by atoms with E-state index in [1.165, 1.54) is 51.9 Å². The molecule has 0 amide bonds. The molecule has 0 atom stereocenters. The van der Waals surface area contributed by atoms with E-state index in [0.717, 1.165) is 11.8 Å². The van der Waals surface area contributed by atoms with Crippen molar-refractivity contribution in [2.45, 2.75) is 39.5 Å². The number of nitrogens with zero attached hydrogens (tertiary/aromatic N) is 2. The largest absolute Gasteiger partial charge is 0.237 e.